The molecule has 0 saturated carbocycles. The van der Waals surface area contributed by atoms with Crippen LogP contribution in [0.3, 0.4) is 0 Å². The molecule has 0 spiro atoms. The van der Waals surface area contributed by atoms with E-state index in [1.54, 1.807) is 27.8 Å². The van der Waals surface area contributed by atoms with Crippen LogP contribution in [0.1, 0.15) is 38.5 Å². The Morgan fingerprint density at radius 1 is 0.524 bits per heavy atom. The van der Waals surface area contributed by atoms with Gasteiger partial charge in [0.2, 0.25) is 5.91 Å². The van der Waals surface area contributed by atoms with E-state index in [1.165, 1.54) is 0 Å². The van der Waals surface area contributed by atoms with Gasteiger partial charge in [-0.05, 0) is 35.8 Å². The van der Waals surface area contributed by atoms with Crippen molar-refractivity contribution in [1.82, 2.24) is 15.4 Å². The van der Waals surface area contributed by atoms with Gasteiger partial charge in [-0.15, -0.1) is 5.06 Å². The van der Waals surface area contributed by atoms with E-state index in [-0.39, 0.29) is 25.2 Å². The highest BCUT2D eigenvalue weighted by Crippen LogP contribution is 2.29. The standard InChI is InChI=1S/C41H69N3O17S2/c45-37(9-36-62-63-38-5-1-3-10-43-38)42-11-13-50-15-17-52-19-21-54-23-25-56-27-29-58-31-33-60-35-34-59-32-30-57-28-26-55-24-22-53-20-18-51-16-14-49-12-4-2-6-41(48)61-44-39(46)7-8-40(44)47/h1,3,5,10H,2,4,6-9,11-36H2,(H,42,45). The molecule has 0 radical (unpaired) electrons. The summed E-state index contributed by atoms with van der Waals surface area (Å²) in [5.74, 6) is -0.845. The Kier molecular flexibility index (Phi) is 38.9. The lowest BCUT2D eigenvalue weighted by Gasteiger charge is -2.12. The van der Waals surface area contributed by atoms with Crippen LogP contribution in [0.15, 0.2) is 29.4 Å². The van der Waals surface area contributed by atoms with Gasteiger partial charge >= 0.3 is 5.97 Å². The van der Waals surface area contributed by atoms with Crippen molar-refractivity contribution in [2.45, 2.75) is 43.6 Å². The van der Waals surface area contributed by atoms with Gasteiger partial charge in [-0.25, -0.2) is 9.78 Å². The summed E-state index contributed by atoms with van der Waals surface area (Å²) in [7, 11) is 3.18. The number of amides is 3. The topological polar surface area (TPSA) is 216 Å². The Morgan fingerprint density at radius 2 is 0.921 bits per heavy atom. The van der Waals surface area contributed by atoms with E-state index in [2.05, 4.69) is 10.3 Å². The first-order valence-electron chi connectivity index (χ1n) is 21.5. The minimum atomic E-state index is -0.603. The number of hydroxylamine groups is 2. The molecule has 0 atom stereocenters. The number of hydrogen-bond donors (Lipinski definition) is 1. The van der Waals surface area contributed by atoms with Crippen molar-refractivity contribution in [1.29, 1.82) is 0 Å². The normalized spacial score (nSPS) is 12.7. The maximum Gasteiger partial charge on any atom is 0.333 e. The number of unbranched alkanes of at least 4 members (excludes halogenated alkanes) is 1. The largest absolute Gasteiger partial charge is 0.379 e. The van der Waals surface area contributed by atoms with Crippen molar-refractivity contribution < 1.29 is 80.9 Å². The van der Waals surface area contributed by atoms with Gasteiger partial charge in [0.1, 0.15) is 5.03 Å². The minimum absolute atomic E-state index is 0.00892. The Bertz CT molecular complexity index is 1250. The van der Waals surface area contributed by atoms with Crippen molar-refractivity contribution in [2.24, 2.45) is 0 Å². The van der Waals surface area contributed by atoms with Crippen LogP contribution in [0.5, 0.6) is 0 Å². The first-order valence-corrected chi connectivity index (χ1v) is 23.8. The molecule has 3 amide bonds. The van der Waals surface area contributed by atoms with Gasteiger partial charge in [-0.3, -0.25) is 14.4 Å². The van der Waals surface area contributed by atoms with Gasteiger partial charge in [-0.2, -0.15) is 0 Å². The van der Waals surface area contributed by atoms with Crippen molar-refractivity contribution in [3.8, 4) is 0 Å². The predicted molar refractivity (Wildman–Crippen MR) is 231 cm³/mol. The quantitative estimate of drug-likeness (QED) is 0.0564. The molecule has 1 saturated heterocycles. The zero-order valence-electron chi connectivity index (χ0n) is 36.6. The lowest BCUT2D eigenvalue weighted by Crippen LogP contribution is -2.31. The van der Waals surface area contributed by atoms with Gasteiger partial charge in [-0.1, -0.05) is 16.9 Å². The molecule has 20 nitrogen and oxygen atoms in total. The van der Waals surface area contributed by atoms with Gasteiger partial charge in [0.15, 0.2) is 0 Å². The van der Waals surface area contributed by atoms with Crippen LogP contribution >= 0.6 is 21.6 Å². The van der Waals surface area contributed by atoms with Crippen LogP contribution in [-0.2, 0) is 80.9 Å². The third kappa shape index (κ3) is 36.4. The maximum atomic E-state index is 11.9. The molecule has 0 bridgehead atoms. The fourth-order valence-electron chi connectivity index (χ4n) is 4.78. The number of pyridine rings is 1. The summed E-state index contributed by atoms with van der Waals surface area (Å²) >= 11 is 0. The molecule has 2 rings (SSSR count). The van der Waals surface area contributed by atoms with Crippen LogP contribution in [0.2, 0.25) is 0 Å². The Balaban J connectivity index is 1.13. The highest BCUT2D eigenvalue weighted by atomic mass is 33.1. The molecule has 1 aliphatic heterocycles. The summed E-state index contributed by atoms with van der Waals surface area (Å²) in [6, 6.07) is 5.76. The molecule has 1 aromatic rings. The van der Waals surface area contributed by atoms with Crippen molar-refractivity contribution in [2.75, 3.05) is 171 Å². The average molecular weight is 940 g/mol. The zero-order chi connectivity index (χ0) is 44.9. The molecule has 1 aliphatic rings. The molecule has 362 valence electrons. The zero-order valence-corrected chi connectivity index (χ0v) is 38.2. The number of carbonyl (C=O) groups is 4. The molecule has 1 N–H and O–H groups in total. The fraction of sp³-hybridized carbons (Fsp3) is 0.780. The summed E-state index contributed by atoms with van der Waals surface area (Å²) in [5, 5.41) is 4.35. The maximum absolute atomic E-state index is 11.9. The van der Waals surface area contributed by atoms with Crippen LogP contribution < -0.4 is 5.32 Å². The SMILES string of the molecule is O=C(CCSSc1ccccn1)NCCOCCOCCOCCOCCOCCOCCOCCOCCOCCOCCOCCOCCCCC(=O)ON1C(=O)CCC1=O. The van der Waals surface area contributed by atoms with E-state index in [0.29, 0.717) is 195 Å². The second-order valence-electron chi connectivity index (χ2n) is 13.0. The Labute approximate surface area is 379 Å². The molecule has 22 heteroatoms. The van der Waals surface area contributed by atoms with Gasteiger partial charge in [0, 0.05) is 50.8 Å². The Hall–Kier alpha value is -2.55. The molecule has 1 aromatic heterocycles. The summed E-state index contributed by atoms with van der Waals surface area (Å²) < 4.78 is 65.8. The number of carbonyl (C=O) groups excluding carboxylic acids is 4. The van der Waals surface area contributed by atoms with Crippen molar-refractivity contribution in [3.05, 3.63) is 24.4 Å². The summed E-state index contributed by atoms with van der Waals surface area (Å²) in [5.41, 5.74) is 0. The van der Waals surface area contributed by atoms with E-state index in [4.69, 9.17) is 61.7 Å². The molecule has 0 aliphatic carbocycles. The summed E-state index contributed by atoms with van der Waals surface area (Å²) in [6.45, 7) is 11.6. The minimum Gasteiger partial charge on any atom is -0.379 e. The molecule has 2 heterocycles. The number of rotatable bonds is 47. The van der Waals surface area contributed by atoms with E-state index < -0.39 is 17.8 Å². The van der Waals surface area contributed by atoms with E-state index in [0.717, 1.165) is 5.03 Å². The summed E-state index contributed by atoms with van der Waals surface area (Å²) in [6.07, 6.45) is 3.64. The number of aromatic nitrogens is 1. The van der Waals surface area contributed by atoms with Crippen LogP contribution in [-0.4, -0.2) is 205 Å². The highest BCUT2D eigenvalue weighted by Gasteiger charge is 2.32. The van der Waals surface area contributed by atoms with Crippen LogP contribution in [0.25, 0.3) is 0 Å². The lowest BCUT2D eigenvalue weighted by molar-refractivity contribution is -0.197. The number of nitrogens with one attached hydrogen (secondary N) is 1. The van der Waals surface area contributed by atoms with E-state index in [9.17, 15) is 19.2 Å². The van der Waals surface area contributed by atoms with E-state index >= 15 is 0 Å². The van der Waals surface area contributed by atoms with Crippen molar-refractivity contribution >= 4 is 45.3 Å². The number of hydrogen-bond acceptors (Lipinski definition) is 20. The van der Waals surface area contributed by atoms with E-state index in [1.807, 2.05) is 18.2 Å². The van der Waals surface area contributed by atoms with Crippen LogP contribution in [0, 0.1) is 0 Å². The van der Waals surface area contributed by atoms with Gasteiger partial charge in [0.05, 0.1) is 152 Å². The number of imide groups is 1. The smallest absolute Gasteiger partial charge is 0.333 e. The van der Waals surface area contributed by atoms with Crippen molar-refractivity contribution in [3.63, 3.8) is 0 Å². The molecule has 0 aromatic carbocycles. The summed E-state index contributed by atoms with van der Waals surface area (Å²) in [4.78, 5) is 55.6. The number of nitrogens with zero attached hydrogens (tertiary/aromatic N) is 2. The Morgan fingerprint density at radius 3 is 1.32 bits per heavy atom. The van der Waals surface area contributed by atoms with Gasteiger partial charge < -0.3 is 67.0 Å². The predicted octanol–water partition coefficient (Wildman–Crippen LogP) is 2.30. The molecule has 1 fully saturated rings. The molecule has 0 unspecified atom stereocenters. The highest BCUT2D eigenvalue weighted by molar-refractivity contribution is 8.76. The van der Waals surface area contributed by atoms with Crippen LogP contribution in [0.4, 0.5) is 0 Å². The third-order valence-corrected chi connectivity index (χ3v) is 10.2. The molecular weight excluding hydrogens is 871 g/mol. The average Bonchev–Trinajstić information content (AvgIpc) is 3.60. The second-order valence-corrected chi connectivity index (χ2v) is 15.5. The fourth-order valence-corrected chi connectivity index (χ4v) is 6.65. The molecule has 63 heavy (non-hydrogen) atoms. The first-order chi connectivity index (χ1) is 31.1. The number of ether oxygens (including phenoxy) is 12. The monoisotopic (exact) mass is 939 g/mol. The third-order valence-electron chi connectivity index (χ3n) is 7.97. The molecular formula is C41H69N3O17S2. The lowest BCUT2D eigenvalue weighted by atomic mass is 10.2. The van der Waals surface area contributed by atoms with Gasteiger partial charge in [0.25, 0.3) is 11.8 Å². The second kappa shape index (κ2) is 43.3. The first kappa shape index (κ1) is 56.6.